The van der Waals surface area contributed by atoms with E-state index in [0.717, 1.165) is 12.5 Å². The Morgan fingerprint density at radius 2 is 1.88 bits per heavy atom. The summed E-state index contributed by atoms with van der Waals surface area (Å²) in [5.41, 5.74) is 0. The molecule has 0 aliphatic carbocycles. The number of thioether (sulfide) groups is 1. The van der Waals surface area contributed by atoms with Crippen molar-refractivity contribution in [2.45, 2.75) is 47.0 Å². The van der Waals surface area contributed by atoms with Gasteiger partial charge in [0.2, 0.25) is 0 Å². The molecule has 0 unspecified atom stereocenters. The van der Waals surface area contributed by atoms with Gasteiger partial charge in [-0.2, -0.15) is 0 Å². The molecule has 1 nitrogen and oxygen atoms in total. The Bertz CT molecular complexity index is 178. The minimum absolute atomic E-state index is 0.761. The zero-order chi connectivity index (χ0) is 12.4. The van der Waals surface area contributed by atoms with Crippen LogP contribution < -0.4 is 0 Å². The first-order valence-electron chi connectivity index (χ1n) is 6.63. The van der Waals surface area contributed by atoms with E-state index in [1.807, 2.05) is 11.8 Å². The van der Waals surface area contributed by atoms with Crippen molar-refractivity contribution in [3.63, 3.8) is 0 Å². The predicted octanol–water partition coefficient (Wildman–Crippen LogP) is 4.40. The third-order valence-electron chi connectivity index (χ3n) is 2.39. The molecule has 0 rings (SSSR count). The molecule has 0 amide bonds. The molecule has 16 heavy (non-hydrogen) atoms. The first-order chi connectivity index (χ1) is 7.60. The second-order valence-electron chi connectivity index (χ2n) is 4.87. The highest BCUT2D eigenvalue weighted by Gasteiger charge is 2.06. The van der Waals surface area contributed by atoms with E-state index in [1.54, 1.807) is 0 Å². The van der Waals surface area contributed by atoms with Gasteiger partial charge in [-0.3, -0.25) is 4.90 Å². The van der Waals surface area contributed by atoms with Gasteiger partial charge in [0.1, 0.15) is 0 Å². The molecule has 0 radical (unpaired) electrons. The van der Waals surface area contributed by atoms with Gasteiger partial charge in [0.25, 0.3) is 0 Å². The van der Waals surface area contributed by atoms with Gasteiger partial charge in [-0.15, -0.1) is 11.8 Å². The summed E-state index contributed by atoms with van der Waals surface area (Å²) in [5, 5.41) is 0. The Labute approximate surface area is 107 Å². The van der Waals surface area contributed by atoms with Crippen molar-refractivity contribution in [2.75, 3.05) is 25.4 Å². The summed E-state index contributed by atoms with van der Waals surface area (Å²) in [7, 11) is 0. The van der Waals surface area contributed by atoms with Gasteiger partial charge in [-0.1, -0.05) is 40.7 Å². The van der Waals surface area contributed by atoms with Crippen LogP contribution in [0.2, 0.25) is 0 Å². The summed E-state index contributed by atoms with van der Waals surface area (Å²) in [5.74, 6) is 1.96. The van der Waals surface area contributed by atoms with Crippen LogP contribution in [0.5, 0.6) is 0 Å². The summed E-state index contributed by atoms with van der Waals surface area (Å²) < 4.78 is 0. The Balaban J connectivity index is 3.82. The zero-order valence-corrected chi connectivity index (χ0v) is 12.4. The maximum absolute atomic E-state index is 4.18. The number of nitrogens with zero attached hydrogens (tertiary/aromatic N) is 1. The molecule has 0 aromatic heterocycles. The summed E-state index contributed by atoms with van der Waals surface area (Å²) in [6, 6.07) is 0. The van der Waals surface area contributed by atoms with Crippen LogP contribution in [-0.2, 0) is 0 Å². The molecule has 0 N–H and O–H groups in total. The summed E-state index contributed by atoms with van der Waals surface area (Å²) in [4.78, 5) is 3.87. The van der Waals surface area contributed by atoms with Crippen molar-refractivity contribution >= 4 is 11.8 Å². The van der Waals surface area contributed by atoms with E-state index in [-0.39, 0.29) is 0 Å². The molecule has 0 fully saturated rings. The second kappa shape index (κ2) is 10.2. The van der Waals surface area contributed by atoms with E-state index in [0.29, 0.717) is 0 Å². The van der Waals surface area contributed by atoms with Gasteiger partial charge in [-0.25, -0.2) is 0 Å². The molecule has 0 heterocycles. The first-order valence-corrected chi connectivity index (χ1v) is 7.61. The molecule has 0 atom stereocenters. The summed E-state index contributed by atoms with van der Waals surface area (Å²) in [6.45, 7) is 16.7. The van der Waals surface area contributed by atoms with E-state index in [9.17, 15) is 0 Å². The van der Waals surface area contributed by atoms with Crippen LogP contribution in [0.15, 0.2) is 11.5 Å². The lowest BCUT2D eigenvalue weighted by Gasteiger charge is -2.22. The van der Waals surface area contributed by atoms with Gasteiger partial charge >= 0.3 is 0 Å². The SMILES string of the molecule is C=C(CN(CCC)CCCC)SCC(C)C. The highest BCUT2D eigenvalue weighted by molar-refractivity contribution is 8.03. The molecule has 0 saturated heterocycles. The van der Waals surface area contributed by atoms with E-state index in [1.165, 1.54) is 43.0 Å². The van der Waals surface area contributed by atoms with Crippen molar-refractivity contribution in [2.24, 2.45) is 5.92 Å². The van der Waals surface area contributed by atoms with Gasteiger partial charge in [-0.05, 0) is 36.8 Å². The van der Waals surface area contributed by atoms with Crippen LogP contribution in [0.3, 0.4) is 0 Å². The number of hydrogen-bond acceptors (Lipinski definition) is 2. The van der Waals surface area contributed by atoms with Crippen molar-refractivity contribution in [3.05, 3.63) is 11.5 Å². The van der Waals surface area contributed by atoms with Crippen molar-refractivity contribution in [1.82, 2.24) is 4.90 Å². The minimum Gasteiger partial charge on any atom is -0.299 e. The van der Waals surface area contributed by atoms with Gasteiger partial charge in [0.05, 0.1) is 0 Å². The summed E-state index contributed by atoms with van der Waals surface area (Å²) >= 11 is 1.94. The number of rotatable bonds is 10. The fourth-order valence-electron chi connectivity index (χ4n) is 1.55. The number of hydrogen-bond donors (Lipinski definition) is 0. The Morgan fingerprint density at radius 1 is 1.19 bits per heavy atom. The quantitative estimate of drug-likeness (QED) is 0.559. The largest absolute Gasteiger partial charge is 0.299 e. The van der Waals surface area contributed by atoms with Crippen LogP contribution in [0, 0.1) is 5.92 Å². The lowest BCUT2D eigenvalue weighted by Crippen LogP contribution is -2.27. The van der Waals surface area contributed by atoms with E-state index >= 15 is 0 Å². The molecular formula is C14H29NS. The molecule has 0 bridgehead atoms. The van der Waals surface area contributed by atoms with Crippen LogP contribution >= 0.6 is 11.8 Å². The average molecular weight is 243 g/mol. The lowest BCUT2D eigenvalue weighted by atomic mass is 10.3. The molecule has 2 heteroatoms. The van der Waals surface area contributed by atoms with Crippen molar-refractivity contribution < 1.29 is 0 Å². The zero-order valence-electron chi connectivity index (χ0n) is 11.6. The first kappa shape index (κ1) is 16.1. The molecule has 0 spiro atoms. The smallest absolute Gasteiger partial charge is 0.0287 e. The minimum atomic E-state index is 0.761. The Hall–Kier alpha value is 0.0500. The standard InChI is InChI=1S/C14H29NS/c1-6-8-10-15(9-7-2)11-14(5)16-12-13(3)4/h13H,5-12H2,1-4H3. The molecule has 0 aliphatic rings. The van der Waals surface area contributed by atoms with Gasteiger partial charge in [0, 0.05) is 12.3 Å². The second-order valence-corrected chi connectivity index (χ2v) is 6.07. The van der Waals surface area contributed by atoms with E-state index in [4.69, 9.17) is 0 Å². The molecule has 0 saturated carbocycles. The molecular weight excluding hydrogens is 214 g/mol. The van der Waals surface area contributed by atoms with Gasteiger partial charge in [0.15, 0.2) is 0 Å². The maximum Gasteiger partial charge on any atom is 0.0287 e. The topological polar surface area (TPSA) is 3.24 Å². The number of unbranched alkanes of at least 4 members (excludes halogenated alkanes) is 1. The lowest BCUT2D eigenvalue weighted by molar-refractivity contribution is 0.296. The van der Waals surface area contributed by atoms with Crippen LogP contribution in [0.25, 0.3) is 0 Å². The highest BCUT2D eigenvalue weighted by atomic mass is 32.2. The molecule has 96 valence electrons. The van der Waals surface area contributed by atoms with Crippen molar-refractivity contribution in [3.8, 4) is 0 Å². The van der Waals surface area contributed by atoms with Crippen LogP contribution in [0.4, 0.5) is 0 Å². The third-order valence-corrected chi connectivity index (χ3v) is 3.76. The van der Waals surface area contributed by atoms with Gasteiger partial charge < -0.3 is 0 Å². The maximum atomic E-state index is 4.18. The van der Waals surface area contributed by atoms with E-state index < -0.39 is 0 Å². The fraction of sp³-hybridized carbons (Fsp3) is 0.857. The average Bonchev–Trinajstić information content (AvgIpc) is 2.23. The normalized spacial score (nSPS) is 11.4. The van der Waals surface area contributed by atoms with Crippen molar-refractivity contribution in [1.29, 1.82) is 0 Å². The van der Waals surface area contributed by atoms with Crippen LogP contribution in [0.1, 0.15) is 47.0 Å². The predicted molar refractivity (Wildman–Crippen MR) is 78.1 cm³/mol. The molecule has 0 aromatic carbocycles. The third kappa shape index (κ3) is 9.29. The fourth-order valence-corrected chi connectivity index (χ4v) is 2.39. The molecule has 0 aliphatic heterocycles. The Kier molecular flexibility index (Phi) is 10.3. The highest BCUT2D eigenvalue weighted by Crippen LogP contribution is 2.18. The monoisotopic (exact) mass is 243 g/mol. The molecule has 0 aromatic rings. The summed E-state index contributed by atoms with van der Waals surface area (Å²) in [6.07, 6.45) is 3.83. The van der Waals surface area contributed by atoms with Crippen LogP contribution in [-0.4, -0.2) is 30.3 Å². The van der Waals surface area contributed by atoms with E-state index in [2.05, 4.69) is 39.2 Å². The Morgan fingerprint density at radius 3 is 2.38 bits per heavy atom.